The highest BCUT2D eigenvalue weighted by Gasteiger charge is 2.20. The molecular weight excluding hydrogens is 322 g/mol. The molecule has 0 spiro atoms. The first kappa shape index (κ1) is 16.3. The quantitative estimate of drug-likeness (QED) is 0.683. The van der Waals surface area contributed by atoms with Gasteiger partial charge < -0.3 is 10.1 Å². The van der Waals surface area contributed by atoms with Gasteiger partial charge in [0.15, 0.2) is 0 Å². The minimum atomic E-state index is -0.653. The Bertz CT molecular complexity index is 830. The predicted octanol–water partition coefficient (Wildman–Crippen LogP) is 3.27. The average Bonchev–Trinajstić information content (AvgIpc) is 2.55. The van der Waals surface area contributed by atoms with Crippen molar-refractivity contribution in [3.63, 3.8) is 0 Å². The maximum Gasteiger partial charge on any atom is 0.312 e. The molecule has 0 saturated carbocycles. The van der Waals surface area contributed by atoms with Crippen molar-refractivity contribution in [2.24, 2.45) is 0 Å². The first-order valence-corrected chi connectivity index (χ1v) is 6.72. The molecule has 0 fully saturated rings. The number of benzene rings is 2. The van der Waals surface area contributed by atoms with Crippen molar-refractivity contribution >= 4 is 23.2 Å². The zero-order valence-electron chi connectivity index (χ0n) is 11.9. The number of amides is 1. The Hall–Kier alpha value is -3.11. The maximum atomic E-state index is 11.6. The summed E-state index contributed by atoms with van der Waals surface area (Å²) in [4.78, 5) is 22.1. The summed E-state index contributed by atoms with van der Waals surface area (Å²) in [5.74, 6) is -0.341. The fraction of sp³-hybridized carbons (Fsp3) is 0.0667. The molecule has 0 aliphatic rings. The zero-order chi connectivity index (χ0) is 17.0. The van der Waals surface area contributed by atoms with E-state index in [4.69, 9.17) is 21.6 Å². The molecule has 8 heteroatoms. The van der Waals surface area contributed by atoms with Crippen LogP contribution in [-0.2, 0) is 0 Å². The van der Waals surface area contributed by atoms with Crippen LogP contribution in [0.1, 0.15) is 15.9 Å². The number of nitrogens with zero attached hydrogens (tertiary/aromatic N) is 2. The third-order valence-corrected chi connectivity index (χ3v) is 3.22. The summed E-state index contributed by atoms with van der Waals surface area (Å²) < 4.78 is 5.45. The van der Waals surface area contributed by atoms with Crippen LogP contribution >= 0.6 is 11.6 Å². The van der Waals surface area contributed by atoms with Gasteiger partial charge in [-0.1, -0.05) is 11.6 Å². The predicted molar refractivity (Wildman–Crippen MR) is 82.7 cm³/mol. The van der Waals surface area contributed by atoms with Crippen molar-refractivity contribution in [1.29, 1.82) is 5.26 Å². The van der Waals surface area contributed by atoms with Crippen LogP contribution in [0, 0.1) is 21.4 Å². The van der Waals surface area contributed by atoms with E-state index in [9.17, 15) is 14.9 Å². The summed E-state index contributed by atoms with van der Waals surface area (Å²) in [6.45, 7) is 0. The van der Waals surface area contributed by atoms with Gasteiger partial charge in [0.2, 0.25) is 5.75 Å². The molecule has 2 aromatic rings. The standard InChI is InChI=1S/C15H10ClN3O4/c1-18-15(20)10-3-5-14(12(7-10)19(21)22)23-13-4-2-9(8-17)6-11(13)16/h2-7H,1H3,(H,18,20). The summed E-state index contributed by atoms with van der Waals surface area (Å²) >= 11 is 5.98. The summed E-state index contributed by atoms with van der Waals surface area (Å²) in [5, 5.41) is 22.5. The van der Waals surface area contributed by atoms with Gasteiger partial charge in [0.05, 0.1) is 21.6 Å². The highest BCUT2D eigenvalue weighted by molar-refractivity contribution is 6.32. The number of nitro groups is 1. The lowest BCUT2D eigenvalue weighted by Gasteiger charge is -2.09. The van der Waals surface area contributed by atoms with E-state index >= 15 is 0 Å². The van der Waals surface area contributed by atoms with Crippen LogP contribution in [-0.4, -0.2) is 17.9 Å². The third kappa shape index (κ3) is 3.56. The molecule has 0 aromatic heterocycles. The van der Waals surface area contributed by atoms with Crippen LogP contribution in [0.25, 0.3) is 0 Å². The topological polar surface area (TPSA) is 105 Å². The van der Waals surface area contributed by atoms with Gasteiger partial charge in [0.25, 0.3) is 5.91 Å². The van der Waals surface area contributed by atoms with Crippen molar-refractivity contribution in [2.75, 3.05) is 7.05 Å². The van der Waals surface area contributed by atoms with Gasteiger partial charge in [-0.15, -0.1) is 0 Å². The number of rotatable bonds is 4. The number of carbonyl (C=O) groups excluding carboxylic acids is 1. The van der Waals surface area contributed by atoms with E-state index < -0.39 is 10.8 Å². The van der Waals surface area contributed by atoms with Gasteiger partial charge >= 0.3 is 5.69 Å². The number of ether oxygens (including phenoxy) is 1. The number of hydrogen-bond donors (Lipinski definition) is 1. The van der Waals surface area contributed by atoms with Crippen molar-refractivity contribution in [1.82, 2.24) is 5.32 Å². The monoisotopic (exact) mass is 331 g/mol. The molecule has 0 atom stereocenters. The van der Waals surface area contributed by atoms with Crippen LogP contribution in [0.2, 0.25) is 5.02 Å². The zero-order valence-corrected chi connectivity index (χ0v) is 12.6. The Balaban J connectivity index is 2.42. The van der Waals surface area contributed by atoms with Gasteiger partial charge in [-0.2, -0.15) is 5.26 Å². The molecular formula is C15H10ClN3O4. The van der Waals surface area contributed by atoms with Gasteiger partial charge in [0.1, 0.15) is 5.75 Å². The molecule has 0 radical (unpaired) electrons. The molecule has 116 valence electrons. The van der Waals surface area contributed by atoms with E-state index in [2.05, 4.69) is 5.32 Å². The Morgan fingerprint density at radius 2 is 2.00 bits per heavy atom. The molecule has 23 heavy (non-hydrogen) atoms. The van der Waals surface area contributed by atoms with E-state index in [0.717, 1.165) is 6.07 Å². The normalized spacial score (nSPS) is 9.78. The van der Waals surface area contributed by atoms with Gasteiger partial charge in [-0.25, -0.2) is 0 Å². The highest BCUT2D eigenvalue weighted by Crippen LogP contribution is 2.35. The number of nitrogens with one attached hydrogen (secondary N) is 1. The van der Waals surface area contributed by atoms with E-state index in [1.165, 1.54) is 37.4 Å². The Kier molecular flexibility index (Phi) is 4.79. The molecule has 0 unspecified atom stereocenters. The minimum Gasteiger partial charge on any atom is -0.449 e. The average molecular weight is 332 g/mol. The van der Waals surface area contributed by atoms with Crippen molar-refractivity contribution in [3.05, 3.63) is 62.7 Å². The second-order valence-electron chi connectivity index (χ2n) is 4.38. The van der Waals surface area contributed by atoms with Crippen molar-refractivity contribution in [2.45, 2.75) is 0 Å². The Labute approximate surface area is 136 Å². The lowest BCUT2D eigenvalue weighted by molar-refractivity contribution is -0.385. The van der Waals surface area contributed by atoms with E-state index in [1.807, 2.05) is 6.07 Å². The molecule has 0 saturated heterocycles. The second kappa shape index (κ2) is 6.77. The van der Waals surface area contributed by atoms with Gasteiger partial charge in [-0.05, 0) is 30.3 Å². The summed E-state index contributed by atoms with van der Waals surface area (Å²) in [6, 6.07) is 10.1. The Morgan fingerprint density at radius 1 is 1.30 bits per heavy atom. The summed E-state index contributed by atoms with van der Waals surface area (Å²) in [7, 11) is 1.43. The van der Waals surface area contributed by atoms with Crippen LogP contribution in [0.3, 0.4) is 0 Å². The lowest BCUT2D eigenvalue weighted by Crippen LogP contribution is -2.17. The smallest absolute Gasteiger partial charge is 0.312 e. The molecule has 2 rings (SSSR count). The first-order valence-electron chi connectivity index (χ1n) is 6.34. The first-order chi connectivity index (χ1) is 11.0. The fourth-order valence-corrected chi connectivity index (χ4v) is 2.02. The third-order valence-electron chi connectivity index (χ3n) is 2.93. The molecule has 2 aromatic carbocycles. The summed E-state index contributed by atoms with van der Waals surface area (Å²) in [5.41, 5.74) is 0.107. The van der Waals surface area contributed by atoms with Crippen LogP contribution in [0.5, 0.6) is 11.5 Å². The van der Waals surface area contributed by atoms with E-state index in [-0.39, 0.29) is 27.8 Å². The number of nitro benzene ring substituents is 1. The largest absolute Gasteiger partial charge is 0.449 e. The Morgan fingerprint density at radius 3 is 2.57 bits per heavy atom. The molecule has 1 amide bonds. The highest BCUT2D eigenvalue weighted by atomic mass is 35.5. The number of halogens is 1. The van der Waals surface area contributed by atoms with E-state index in [0.29, 0.717) is 5.56 Å². The van der Waals surface area contributed by atoms with Crippen molar-refractivity contribution in [3.8, 4) is 17.6 Å². The number of carbonyl (C=O) groups is 1. The fourth-order valence-electron chi connectivity index (χ4n) is 1.80. The maximum absolute atomic E-state index is 11.6. The lowest BCUT2D eigenvalue weighted by atomic mass is 10.1. The molecule has 1 N–H and O–H groups in total. The molecule has 0 bridgehead atoms. The summed E-state index contributed by atoms with van der Waals surface area (Å²) in [6.07, 6.45) is 0. The van der Waals surface area contributed by atoms with Gasteiger partial charge in [-0.3, -0.25) is 14.9 Å². The number of hydrogen-bond acceptors (Lipinski definition) is 5. The van der Waals surface area contributed by atoms with Gasteiger partial charge in [0, 0.05) is 18.7 Å². The minimum absolute atomic E-state index is 0.0609. The SMILES string of the molecule is CNC(=O)c1ccc(Oc2ccc(C#N)cc2Cl)c([N+](=O)[O-])c1. The van der Waals surface area contributed by atoms with Crippen LogP contribution in [0.15, 0.2) is 36.4 Å². The van der Waals surface area contributed by atoms with Crippen molar-refractivity contribution < 1.29 is 14.5 Å². The molecule has 0 heterocycles. The second-order valence-corrected chi connectivity index (χ2v) is 4.79. The molecule has 0 aliphatic heterocycles. The van der Waals surface area contributed by atoms with Crippen LogP contribution < -0.4 is 10.1 Å². The van der Waals surface area contributed by atoms with E-state index in [1.54, 1.807) is 0 Å². The molecule has 7 nitrogen and oxygen atoms in total. The molecule has 0 aliphatic carbocycles. The number of nitriles is 1. The van der Waals surface area contributed by atoms with Crippen LogP contribution in [0.4, 0.5) is 5.69 Å².